The van der Waals surface area contributed by atoms with E-state index >= 15 is 0 Å². The fourth-order valence-electron chi connectivity index (χ4n) is 4.00. The van der Waals surface area contributed by atoms with Crippen molar-refractivity contribution in [1.29, 1.82) is 5.41 Å². The van der Waals surface area contributed by atoms with Crippen LogP contribution in [0.4, 0.5) is 11.4 Å². The first-order valence-corrected chi connectivity index (χ1v) is 9.97. The minimum Gasteiger partial charge on any atom is -0.508 e. The summed E-state index contributed by atoms with van der Waals surface area (Å²) < 4.78 is 0. The van der Waals surface area contributed by atoms with Crippen LogP contribution < -0.4 is 9.80 Å². The van der Waals surface area contributed by atoms with Crippen LogP contribution in [0.15, 0.2) is 77.1 Å². The molecule has 0 aromatic heterocycles. The van der Waals surface area contributed by atoms with Gasteiger partial charge in [0.05, 0.1) is 17.9 Å². The molecule has 1 fully saturated rings. The Balaban J connectivity index is 1.93. The van der Waals surface area contributed by atoms with Gasteiger partial charge in [-0.05, 0) is 73.9 Å². The summed E-state index contributed by atoms with van der Waals surface area (Å²) in [6.45, 7) is 6.82. The number of nitrogens with zero attached hydrogens (tertiary/aromatic N) is 3. The highest BCUT2D eigenvalue weighted by molar-refractivity contribution is 6.26. The topological polar surface area (TPSA) is 62.9 Å². The quantitative estimate of drug-likeness (QED) is 0.778. The van der Waals surface area contributed by atoms with Crippen molar-refractivity contribution < 1.29 is 5.11 Å². The summed E-state index contributed by atoms with van der Waals surface area (Å²) in [4.78, 5) is 9.30. The third kappa shape index (κ3) is 3.23. The van der Waals surface area contributed by atoms with Crippen molar-refractivity contribution in [3.8, 4) is 5.75 Å². The van der Waals surface area contributed by atoms with E-state index in [-0.39, 0.29) is 11.8 Å². The standard InChI is InChI=1S/C24H26N4O/c1-4-17-14-20(25)23-24(26-15-17)28(21-9-7-6-8-16(21)3)22(5-2)27(23)18-10-12-19(29)13-11-18/h5-14,23,25,29H,4,15H2,1-3H3. The number of phenolic OH excluding ortho intramolecular Hbond substituents is 1. The molecular weight excluding hydrogens is 360 g/mol. The number of rotatable bonds is 3. The molecule has 0 amide bonds. The molecule has 148 valence electrons. The van der Waals surface area contributed by atoms with Gasteiger partial charge in [-0.2, -0.15) is 0 Å². The summed E-state index contributed by atoms with van der Waals surface area (Å²) in [6.07, 6.45) is 4.92. The lowest BCUT2D eigenvalue weighted by atomic mass is 10.1. The number of anilines is 2. The van der Waals surface area contributed by atoms with Crippen LogP contribution >= 0.6 is 0 Å². The van der Waals surface area contributed by atoms with Crippen LogP contribution in [0.1, 0.15) is 25.8 Å². The van der Waals surface area contributed by atoms with Crippen molar-refractivity contribution in [2.45, 2.75) is 33.2 Å². The SMILES string of the molecule is CC=C1N(c2ccccc2C)C2=NCC(CC)=CC(=N)C2N1c1ccc(O)cc1. The van der Waals surface area contributed by atoms with Gasteiger partial charge < -0.3 is 15.4 Å². The lowest BCUT2D eigenvalue weighted by molar-refractivity contribution is 0.475. The summed E-state index contributed by atoms with van der Waals surface area (Å²) >= 11 is 0. The largest absolute Gasteiger partial charge is 0.508 e. The Morgan fingerprint density at radius 2 is 1.90 bits per heavy atom. The molecule has 0 radical (unpaired) electrons. The van der Waals surface area contributed by atoms with E-state index in [0.717, 1.165) is 40.6 Å². The molecule has 1 saturated heterocycles. The van der Waals surface area contributed by atoms with E-state index in [4.69, 9.17) is 10.4 Å². The Morgan fingerprint density at radius 3 is 2.55 bits per heavy atom. The minimum atomic E-state index is -0.311. The lowest BCUT2D eigenvalue weighted by Gasteiger charge is -2.27. The van der Waals surface area contributed by atoms with Gasteiger partial charge in [0.15, 0.2) is 0 Å². The Morgan fingerprint density at radius 1 is 1.17 bits per heavy atom. The second kappa shape index (κ2) is 7.59. The van der Waals surface area contributed by atoms with Crippen molar-refractivity contribution in [2.24, 2.45) is 4.99 Å². The van der Waals surface area contributed by atoms with Crippen molar-refractivity contribution >= 4 is 22.9 Å². The van der Waals surface area contributed by atoms with Gasteiger partial charge in [0.25, 0.3) is 0 Å². The second-order valence-electron chi connectivity index (χ2n) is 7.34. The molecule has 0 aliphatic carbocycles. The maximum Gasteiger partial charge on any atom is 0.139 e. The molecule has 2 N–H and O–H groups in total. The average molecular weight is 386 g/mol. The summed E-state index contributed by atoms with van der Waals surface area (Å²) in [7, 11) is 0. The van der Waals surface area contributed by atoms with Gasteiger partial charge in [0.1, 0.15) is 23.4 Å². The number of fused-ring (bicyclic) bond motifs is 1. The number of nitrogens with one attached hydrogen (secondary N) is 1. The zero-order valence-electron chi connectivity index (χ0n) is 17.1. The first-order valence-electron chi connectivity index (χ1n) is 9.97. The monoisotopic (exact) mass is 386 g/mol. The fourth-order valence-corrected chi connectivity index (χ4v) is 4.00. The van der Waals surface area contributed by atoms with E-state index in [9.17, 15) is 5.11 Å². The van der Waals surface area contributed by atoms with Gasteiger partial charge in [-0.3, -0.25) is 9.89 Å². The van der Waals surface area contributed by atoms with Crippen molar-refractivity contribution in [2.75, 3.05) is 16.3 Å². The molecule has 1 unspecified atom stereocenters. The zero-order chi connectivity index (χ0) is 20.5. The number of hydrogen-bond acceptors (Lipinski definition) is 5. The van der Waals surface area contributed by atoms with Crippen molar-refractivity contribution in [1.82, 2.24) is 0 Å². The average Bonchev–Trinajstić information content (AvgIpc) is 2.96. The number of benzene rings is 2. The van der Waals surface area contributed by atoms with Crippen molar-refractivity contribution in [3.05, 3.63) is 77.6 Å². The predicted octanol–water partition coefficient (Wildman–Crippen LogP) is 5.03. The maximum absolute atomic E-state index is 9.77. The number of amidine groups is 1. The maximum atomic E-state index is 9.77. The summed E-state index contributed by atoms with van der Waals surface area (Å²) in [5, 5.41) is 18.6. The molecule has 2 aromatic rings. The molecular formula is C24H26N4O. The minimum absolute atomic E-state index is 0.226. The molecule has 2 aliphatic heterocycles. The molecule has 2 heterocycles. The van der Waals surface area contributed by atoms with Crippen molar-refractivity contribution in [3.63, 3.8) is 0 Å². The molecule has 4 rings (SSSR count). The summed E-state index contributed by atoms with van der Waals surface area (Å²) in [5.74, 6) is 2.06. The van der Waals surface area contributed by atoms with Crippen LogP contribution in [0.3, 0.4) is 0 Å². The van der Waals surface area contributed by atoms with Gasteiger partial charge in [0.2, 0.25) is 0 Å². The fraction of sp³-hybridized carbons (Fsp3) is 0.250. The molecule has 2 aliphatic rings. The van der Waals surface area contributed by atoms with E-state index in [1.807, 2.05) is 37.3 Å². The number of allylic oxidation sites excluding steroid dienone is 1. The van der Waals surface area contributed by atoms with E-state index < -0.39 is 0 Å². The van der Waals surface area contributed by atoms with Gasteiger partial charge in [-0.25, -0.2) is 0 Å². The highest BCUT2D eigenvalue weighted by Crippen LogP contribution is 2.39. The third-order valence-electron chi connectivity index (χ3n) is 5.50. The molecule has 29 heavy (non-hydrogen) atoms. The predicted molar refractivity (Wildman–Crippen MR) is 120 cm³/mol. The van der Waals surface area contributed by atoms with Gasteiger partial charge in [-0.15, -0.1) is 0 Å². The number of aryl methyl sites for hydroxylation is 1. The van der Waals surface area contributed by atoms with E-state index in [2.05, 4.69) is 41.9 Å². The number of phenols is 1. The molecule has 0 spiro atoms. The zero-order valence-corrected chi connectivity index (χ0v) is 17.1. The van der Waals surface area contributed by atoms with Gasteiger partial charge in [-0.1, -0.05) is 25.1 Å². The Kier molecular flexibility index (Phi) is 4.97. The Labute approximate surface area is 171 Å². The molecule has 1 atom stereocenters. The molecule has 5 nitrogen and oxygen atoms in total. The normalized spacial score (nSPS) is 20.4. The van der Waals surface area contributed by atoms with E-state index in [1.165, 1.54) is 0 Å². The van der Waals surface area contributed by atoms with Crippen LogP contribution in [0.2, 0.25) is 0 Å². The molecule has 2 aromatic carbocycles. The number of hydrogen-bond donors (Lipinski definition) is 2. The third-order valence-corrected chi connectivity index (χ3v) is 5.50. The van der Waals surface area contributed by atoms with Crippen LogP contribution in [0.5, 0.6) is 5.75 Å². The number of aromatic hydroxyl groups is 1. The Bertz CT molecular complexity index is 1030. The highest BCUT2D eigenvalue weighted by Gasteiger charge is 2.44. The van der Waals surface area contributed by atoms with Gasteiger partial charge >= 0.3 is 0 Å². The van der Waals surface area contributed by atoms with Crippen LogP contribution in [0.25, 0.3) is 0 Å². The highest BCUT2D eigenvalue weighted by atomic mass is 16.3. The van der Waals surface area contributed by atoms with Crippen LogP contribution in [-0.4, -0.2) is 29.2 Å². The van der Waals surface area contributed by atoms with E-state index in [0.29, 0.717) is 12.3 Å². The smallest absolute Gasteiger partial charge is 0.139 e. The van der Waals surface area contributed by atoms with E-state index in [1.54, 1.807) is 12.1 Å². The summed E-state index contributed by atoms with van der Waals surface area (Å²) in [5.41, 5.74) is 4.83. The van der Waals surface area contributed by atoms with Crippen LogP contribution in [0, 0.1) is 12.3 Å². The first-order chi connectivity index (χ1) is 14.0. The number of para-hydroxylation sites is 1. The second-order valence-corrected chi connectivity index (χ2v) is 7.34. The Hall–Kier alpha value is -3.34. The van der Waals surface area contributed by atoms with Gasteiger partial charge in [0, 0.05) is 5.69 Å². The molecule has 5 heteroatoms. The summed E-state index contributed by atoms with van der Waals surface area (Å²) in [6, 6.07) is 15.1. The lowest BCUT2D eigenvalue weighted by Crippen LogP contribution is -2.39. The number of aliphatic imine (C=N–C) groups is 1. The first kappa shape index (κ1) is 19.0. The molecule has 0 bridgehead atoms. The van der Waals surface area contributed by atoms with Crippen LogP contribution in [-0.2, 0) is 0 Å². The molecule has 0 saturated carbocycles.